The molecule has 1 aliphatic rings. The summed E-state index contributed by atoms with van der Waals surface area (Å²) in [5.74, 6) is 1.78. The van der Waals surface area contributed by atoms with Crippen molar-refractivity contribution in [3.05, 3.63) is 41.3 Å². The number of nitrogens with zero attached hydrogens (tertiary/aromatic N) is 3. The van der Waals surface area contributed by atoms with Crippen molar-refractivity contribution >= 4 is 0 Å². The standard InChI is InChI=1S/C17H23FN4O2/c1-12-20-17(21-24-12)11-22-7-3-4-15(10-22)19-9-13-8-14(18)5-6-16(13)23-2/h5-6,8,15,19H,3-4,7,9-11H2,1-2H3. The molecule has 1 fully saturated rings. The summed E-state index contributed by atoms with van der Waals surface area (Å²) >= 11 is 0. The Morgan fingerprint density at radius 2 is 2.33 bits per heavy atom. The molecule has 24 heavy (non-hydrogen) atoms. The van der Waals surface area contributed by atoms with Gasteiger partial charge in [-0.15, -0.1) is 0 Å². The molecule has 2 aromatic rings. The van der Waals surface area contributed by atoms with Gasteiger partial charge in [0.05, 0.1) is 13.7 Å². The van der Waals surface area contributed by atoms with E-state index in [1.54, 1.807) is 20.1 Å². The number of methoxy groups -OCH3 is 1. The summed E-state index contributed by atoms with van der Waals surface area (Å²) < 4.78 is 23.8. The zero-order valence-corrected chi connectivity index (χ0v) is 14.1. The first-order valence-electron chi connectivity index (χ1n) is 8.21. The van der Waals surface area contributed by atoms with Gasteiger partial charge in [-0.1, -0.05) is 5.16 Å². The zero-order valence-electron chi connectivity index (χ0n) is 14.1. The molecule has 7 heteroatoms. The second-order valence-electron chi connectivity index (χ2n) is 6.14. The summed E-state index contributed by atoms with van der Waals surface area (Å²) in [6, 6.07) is 4.95. The highest BCUT2D eigenvalue weighted by Crippen LogP contribution is 2.20. The summed E-state index contributed by atoms with van der Waals surface area (Å²) in [5, 5.41) is 7.46. The van der Waals surface area contributed by atoms with Crippen molar-refractivity contribution in [1.29, 1.82) is 0 Å². The number of likely N-dealkylation sites (tertiary alicyclic amines) is 1. The van der Waals surface area contributed by atoms with Crippen LogP contribution in [0.5, 0.6) is 5.75 Å². The van der Waals surface area contributed by atoms with Gasteiger partial charge >= 0.3 is 0 Å². The van der Waals surface area contributed by atoms with Crippen molar-refractivity contribution in [2.75, 3.05) is 20.2 Å². The van der Waals surface area contributed by atoms with E-state index in [0.717, 1.165) is 37.3 Å². The highest BCUT2D eigenvalue weighted by atomic mass is 19.1. The molecule has 1 N–H and O–H groups in total. The molecule has 2 heterocycles. The second-order valence-corrected chi connectivity index (χ2v) is 6.14. The Hall–Kier alpha value is -1.99. The molecule has 130 valence electrons. The number of nitrogens with one attached hydrogen (secondary N) is 1. The smallest absolute Gasteiger partial charge is 0.223 e. The molecule has 6 nitrogen and oxygen atoms in total. The molecular formula is C17H23FN4O2. The zero-order chi connectivity index (χ0) is 16.9. The maximum Gasteiger partial charge on any atom is 0.223 e. The number of piperidine rings is 1. The van der Waals surface area contributed by atoms with Gasteiger partial charge in [-0.05, 0) is 37.6 Å². The lowest BCUT2D eigenvalue weighted by Crippen LogP contribution is -2.45. The summed E-state index contributed by atoms with van der Waals surface area (Å²) in [5.41, 5.74) is 0.836. The fraction of sp³-hybridized carbons (Fsp3) is 0.529. The quantitative estimate of drug-likeness (QED) is 0.874. The van der Waals surface area contributed by atoms with Gasteiger partial charge in [0.1, 0.15) is 11.6 Å². The minimum absolute atomic E-state index is 0.245. The third-order valence-electron chi connectivity index (χ3n) is 4.26. The van der Waals surface area contributed by atoms with Crippen LogP contribution in [0.15, 0.2) is 22.7 Å². The maximum atomic E-state index is 13.4. The number of rotatable bonds is 6. The number of hydrogen-bond donors (Lipinski definition) is 1. The van der Waals surface area contributed by atoms with E-state index < -0.39 is 0 Å². The van der Waals surface area contributed by atoms with Crippen molar-refractivity contribution in [2.24, 2.45) is 0 Å². The van der Waals surface area contributed by atoms with E-state index in [1.165, 1.54) is 12.1 Å². The van der Waals surface area contributed by atoms with Crippen LogP contribution in [0.2, 0.25) is 0 Å². The van der Waals surface area contributed by atoms with Gasteiger partial charge in [0, 0.05) is 31.6 Å². The number of aromatic nitrogens is 2. The van der Waals surface area contributed by atoms with Gasteiger partial charge in [-0.3, -0.25) is 4.90 Å². The number of aryl methyl sites for hydroxylation is 1. The lowest BCUT2D eigenvalue weighted by molar-refractivity contribution is 0.177. The topological polar surface area (TPSA) is 63.4 Å². The van der Waals surface area contributed by atoms with Crippen molar-refractivity contribution in [3.63, 3.8) is 0 Å². The van der Waals surface area contributed by atoms with Gasteiger partial charge in [0.25, 0.3) is 0 Å². The van der Waals surface area contributed by atoms with Gasteiger partial charge in [0.15, 0.2) is 5.82 Å². The SMILES string of the molecule is COc1ccc(F)cc1CNC1CCCN(Cc2noc(C)n2)C1. The third-order valence-corrected chi connectivity index (χ3v) is 4.26. The summed E-state index contributed by atoms with van der Waals surface area (Å²) in [4.78, 5) is 6.57. The van der Waals surface area contributed by atoms with E-state index in [1.807, 2.05) is 0 Å². The van der Waals surface area contributed by atoms with E-state index in [9.17, 15) is 4.39 Å². The molecule has 1 aromatic heterocycles. The predicted octanol–water partition coefficient (Wildman–Crippen LogP) is 2.28. The molecule has 1 aliphatic heterocycles. The Morgan fingerprint density at radius 3 is 3.08 bits per heavy atom. The monoisotopic (exact) mass is 334 g/mol. The minimum atomic E-state index is -0.245. The fourth-order valence-electron chi connectivity index (χ4n) is 3.11. The predicted molar refractivity (Wildman–Crippen MR) is 87.1 cm³/mol. The number of benzene rings is 1. The molecule has 0 amide bonds. The maximum absolute atomic E-state index is 13.4. The average Bonchev–Trinajstić information content (AvgIpc) is 2.98. The average molecular weight is 334 g/mol. The molecule has 0 bridgehead atoms. The van der Waals surface area contributed by atoms with Crippen LogP contribution >= 0.6 is 0 Å². The van der Waals surface area contributed by atoms with Crippen molar-refractivity contribution in [2.45, 2.75) is 38.9 Å². The molecule has 1 unspecified atom stereocenters. The first-order valence-corrected chi connectivity index (χ1v) is 8.21. The van der Waals surface area contributed by atoms with Crippen LogP contribution in [0.3, 0.4) is 0 Å². The van der Waals surface area contributed by atoms with Gasteiger partial charge in [-0.2, -0.15) is 4.98 Å². The fourth-order valence-corrected chi connectivity index (χ4v) is 3.11. The Bertz CT molecular complexity index is 676. The Balaban J connectivity index is 1.55. The molecule has 0 radical (unpaired) electrons. The van der Waals surface area contributed by atoms with Crippen LogP contribution in [0, 0.1) is 12.7 Å². The van der Waals surface area contributed by atoms with Gasteiger partial charge in [-0.25, -0.2) is 4.39 Å². The number of ether oxygens (including phenoxy) is 1. The highest BCUT2D eigenvalue weighted by molar-refractivity contribution is 5.33. The van der Waals surface area contributed by atoms with Crippen LogP contribution in [0.1, 0.15) is 30.1 Å². The molecular weight excluding hydrogens is 311 g/mol. The van der Waals surface area contributed by atoms with Crippen molar-refractivity contribution in [1.82, 2.24) is 20.4 Å². The Morgan fingerprint density at radius 1 is 1.46 bits per heavy atom. The van der Waals surface area contributed by atoms with Gasteiger partial charge in [0.2, 0.25) is 5.89 Å². The van der Waals surface area contributed by atoms with Crippen molar-refractivity contribution < 1.29 is 13.7 Å². The minimum Gasteiger partial charge on any atom is -0.496 e. The Labute approximate surface area is 141 Å². The van der Waals surface area contributed by atoms with Crippen LogP contribution in [-0.4, -0.2) is 41.3 Å². The van der Waals surface area contributed by atoms with Crippen LogP contribution in [0.4, 0.5) is 4.39 Å². The van der Waals surface area contributed by atoms with E-state index in [2.05, 4.69) is 20.4 Å². The van der Waals surface area contributed by atoms with Crippen LogP contribution in [0.25, 0.3) is 0 Å². The molecule has 1 atom stereocenters. The second kappa shape index (κ2) is 7.72. The summed E-state index contributed by atoms with van der Waals surface area (Å²) in [7, 11) is 1.60. The lowest BCUT2D eigenvalue weighted by Gasteiger charge is -2.32. The van der Waals surface area contributed by atoms with E-state index >= 15 is 0 Å². The van der Waals surface area contributed by atoms with Crippen LogP contribution in [-0.2, 0) is 13.1 Å². The molecule has 0 saturated carbocycles. The third kappa shape index (κ3) is 4.30. The molecule has 3 rings (SSSR count). The van der Waals surface area contributed by atoms with E-state index in [0.29, 0.717) is 30.8 Å². The first kappa shape index (κ1) is 16.9. The van der Waals surface area contributed by atoms with E-state index in [-0.39, 0.29) is 5.82 Å². The van der Waals surface area contributed by atoms with Crippen molar-refractivity contribution in [3.8, 4) is 5.75 Å². The van der Waals surface area contributed by atoms with Gasteiger partial charge < -0.3 is 14.6 Å². The normalized spacial score (nSPS) is 18.7. The molecule has 0 spiro atoms. The molecule has 1 saturated heterocycles. The first-order chi connectivity index (χ1) is 11.6. The largest absolute Gasteiger partial charge is 0.496 e. The number of halogens is 1. The summed E-state index contributed by atoms with van der Waals surface area (Å²) in [6.45, 7) is 5.00. The Kier molecular flexibility index (Phi) is 5.42. The lowest BCUT2D eigenvalue weighted by atomic mass is 10.0. The summed E-state index contributed by atoms with van der Waals surface area (Å²) in [6.07, 6.45) is 2.20. The molecule has 0 aliphatic carbocycles. The number of hydrogen-bond acceptors (Lipinski definition) is 6. The molecule has 1 aromatic carbocycles. The van der Waals surface area contributed by atoms with Crippen LogP contribution < -0.4 is 10.1 Å². The highest BCUT2D eigenvalue weighted by Gasteiger charge is 2.21. The van der Waals surface area contributed by atoms with E-state index in [4.69, 9.17) is 9.26 Å².